The predicted octanol–water partition coefficient (Wildman–Crippen LogP) is 2.47. The van der Waals surface area contributed by atoms with Gasteiger partial charge in [-0.15, -0.1) is 0 Å². The summed E-state index contributed by atoms with van der Waals surface area (Å²) in [6.07, 6.45) is 0. The number of hydrogen-bond donors (Lipinski definition) is 3. The van der Waals surface area contributed by atoms with E-state index in [0.29, 0.717) is 11.8 Å². The Morgan fingerprint density at radius 1 is 1.00 bits per heavy atom. The van der Waals surface area contributed by atoms with Gasteiger partial charge in [-0.1, -0.05) is 6.07 Å². The minimum atomic E-state index is -4.01. The highest BCUT2D eigenvalue weighted by Crippen LogP contribution is 2.18. The van der Waals surface area contributed by atoms with Crippen LogP contribution in [-0.4, -0.2) is 26.3 Å². The zero-order valence-corrected chi connectivity index (χ0v) is 16.8. The Hall–Kier alpha value is -2.85. The van der Waals surface area contributed by atoms with E-state index >= 15 is 0 Å². The van der Waals surface area contributed by atoms with Crippen LogP contribution in [0.25, 0.3) is 0 Å². The maximum atomic E-state index is 13.8. The van der Waals surface area contributed by atoms with E-state index in [0.717, 1.165) is 6.07 Å². The van der Waals surface area contributed by atoms with E-state index in [4.69, 9.17) is 0 Å². The van der Waals surface area contributed by atoms with Crippen LogP contribution in [0.2, 0.25) is 0 Å². The lowest BCUT2D eigenvalue weighted by Crippen LogP contribution is -2.45. The standard InChI is InChI=1S/C19H21F2N3O4S/c1-11(17-9-4-14(20)10-18(17)21)22-19(26)12(2)24-29(27,28)16-7-5-15(6-8-16)23-13(3)25/h4-12,24H,1-3H3,(H,22,26)(H,23,25)/t11-,12+/m1/s1. The van der Waals surface area contributed by atoms with Gasteiger partial charge in [-0.05, 0) is 44.2 Å². The van der Waals surface area contributed by atoms with Crippen molar-refractivity contribution in [2.75, 3.05) is 5.32 Å². The van der Waals surface area contributed by atoms with Crippen LogP contribution in [0, 0.1) is 11.6 Å². The number of anilines is 1. The first-order chi connectivity index (χ1) is 13.5. The van der Waals surface area contributed by atoms with Gasteiger partial charge >= 0.3 is 0 Å². The number of carbonyl (C=O) groups excluding carboxylic acids is 2. The lowest BCUT2D eigenvalue weighted by molar-refractivity contribution is -0.123. The fourth-order valence-electron chi connectivity index (χ4n) is 2.54. The molecule has 2 amide bonds. The summed E-state index contributed by atoms with van der Waals surface area (Å²) >= 11 is 0. The molecule has 0 saturated carbocycles. The maximum Gasteiger partial charge on any atom is 0.241 e. The molecule has 2 aromatic carbocycles. The summed E-state index contributed by atoms with van der Waals surface area (Å²) in [5.74, 6) is -2.53. The van der Waals surface area contributed by atoms with Crippen LogP contribution in [0.5, 0.6) is 0 Å². The largest absolute Gasteiger partial charge is 0.348 e. The molecule has 2 atom stereocenters. The molecule has 156 valence electrons. The smallest absolute Gasteiger partial charge is 0.241 e. The van der Waals surface area contributed by atoms with E-state index in [2.05, 4.69) is 15.4 Å². The van der Waals surface area contributed by atoms with Crippen molar-refractivity contribution < 1.29 is 26.8 Å². The Balaban J connectivity index is 2.04. The molecule has 0 spiro atoms. The van der Waals surface area contributed by atoms with Crippen molar-refractivity contribution in [2.24, 2.45) is 0 Å². The first kappa shape index (κ1) is 22.4. The second-order valence-electron chi connectivity index (χ2n) is 6.44. The van der Waals surface area contributed by atoms with Gasteiger partial charge in [-0.25, -0.2) is 17.2 Å². The molecule has 0 bridgehead atoms. The second kappa shape index (κ2) is 9.10. The van der Waals surface area contributed by atoms with Crippen molar-refractivity contribution >= 4 is 27.5 Å². The first-order valence-corrected chi connectivity index (χ1v) is 10.1. The molecule has 10 heteroatoms. The van der Waals surface area contributed by atoms with Gasteiger partial charge in [0.15, 0.2) is 0 Å². The molecule has 0 saturated heterocycles. The zero-order chi connectivity index (χ0) is 21.8. The third-order valence-electron chi connectivity index (χ3n) is 4.00. The molecule has 29 heavy (non-hydrogen) atoms. The highest BCUT2D eigenvalue weighted by Gasteiger charge is 2.24. The van der Waals surface area contributed by atoms with E-state index in [1.54, 1.807) is 0 Å². The van der Waals surface area contributed by atoms with Gasteiger partial charge in [0, 0.05) is 24.2 Å². The predicted molar refractivity (Wildman–Crippen MR) is 103 cm³/mol. The van der Waals surface area contributed by atoms with E-state index in [1.165, 1.54) is 51.1 Å². The van der Waals surface area contributed by atoms with Crippen molar-refractivity contribution in [2.45, 2.75) is 37.8 Å². The summed E-state index contributed by atoms with van der Waals surface area (Å²) in [5, 5.41) is 5.00. The molecule has 0 unspecified atom stereocenters. The topological polar surface area (TPSA) is 104 Å². The number of amides is 2. The molecule has 0 aliphatic rings. The molecule has 2 rings (SSSR count). The Morgan fingerprint density at radius 3 is 2.17 bits per heavy atom. The minimum absolute atomic E-state index is 0.0726. The number of hydrogen-bond acceptors (Lipinski definition) is 4. The van der Waals surface area contributed by atoms with Gasteiger partial charge < -0.3 is 10.6 Å². The van der Waals surface area contributed by atoms with Crippen LogP contribution in [-0.2, 0) is 19.6 Å². The molecular formula is C19H21F2N3O4S. The number of rotatable bonds is 7. The van der Waals surface area contributed by atoms with E-state index in [-0.39, 0.29) is 16.4 Å². The van der Waals surface area contributed by atoms with Gasteiger partial charge in [0.2, 0.25) is 21.8 Å². The van der Waals surface area contributed by atoms with Crippen LogP contribution in [0.3, 0.4) is 0 Å². The fraction of sp³-hybridized carbons (Fsp3) is 0.263. The molecule has 0 aliphatic heterocycles. The minimum Gasteiger partial charge on any atom is -0.348 e. The van der Waals surface area contributed by atoms with Crippen LogP contribution in [0.1, 0.15) is 32.4 Å². The van der Waals surface area contributed by atoms with Crippen molar-refractivity contribution in [3.05, 3.63) is 59.7 Å². The third kappa shape index (κ3) is 6.06. The summed E-state index contributed by atoms with van der Waals surface area (Å²) in [6, 6.07) is 6.44. The van der Waals surface area contributed by atoms with Gasteiger partial charge in [0.1, 0.15) is 11.6 Å². The Kier molecular flexibility index (Phi) is 7.04. The summed E-state index contributed by atoms with van der Waals surface area (Å²) < 4.78 is 54.0. The summed E-state index contributed by atoms with van der Waals surface area (Å²) in [6.45, 7) is 4.16. The SMILES string of the molecule is CC(=O)Nc1ccc(S(=O)(=O)N[C@@H](C)C(=O)N[C@H](C)c2ccc(F)cc2F)cc1. The fourth-order valence-corrected chi connectivity index (χ4v) is 3.75. The maximum absolute atomic E-state index is 13.8. The highest BCUT2D eigenvalue weighted by molar-refractivity contribution is 7.89. The van der Waals surface area contributed by atoms with E-state index < -0.39 is 39.6 Å². The molecule has 0 radical (unpaired) electrons. The lowest BCUT2D eigenvalue weighted by Gasteiger charge is -2.19. The molecular weight excluding hydrogens is 404 g/mol. The van der Waals surface area contributed by atoms with E-state index in [9.17, 15) is 26.8 Å². The molecule has 7 nitrogen and oxygen atoms in total. The number of carbonyl (C=O) groups is 2. The molecule has 3 N–H and O–H groups in total. The quantitative estimate of drug-likeness (QED) is 0.634. The second-order valence-corrected chi connectivity index (χ2v) is 8.16. The Morgan fingerprint density at radius 2 is 1.62 bits per heavy atom. The van der Waals surface area contributed by atoms with Crippen LogP contribution in [0.4, 0.5) is 14.5 Å². The molecule has 0 aromatic heterocycles. The molecule has 0 fully saturated rings. The Bertz CT molecular complexity index is 1010. The van der Waals surface area contributed by atoms with Crippen LogP contribution < -0.4 is 15.4 Å². The van der Waals surface area contributed by atoms with Crippen molar-refractivity contribution in [1.82, 2.24) is 10.0 Å². The van der Waals surface area contributed by atoms with Crippen LogP contribution in [0.15, 0.2) is 47.4 Å². The number of nitrogens with one attached hydrogen (secondary N) is 3. The summed E-state index contributed by atoms with van der Waals surface area (Å²) in [5.41, 5.74) is 0.501. The highest BCUT2D eigenvalue weighted by atomic mass is 32.2. The molecule has 0 aliphatic carbocycles. The van der Waals surface area contributed by atoms with Crippen LogP contribution >= 0.6 is 0 Å². The van der Waals surface area contributed by atoms with Gasteiger partial charge in [-0.2, -0.15) is 4.72 Å². The average Bonchev–Trinajstić information content (AvgIpc) is 2.61. The van der Waals surface area contributed by atoms with Crippen molar-refractivity contribution in [3.8, 4) is 0 Å². The van der Waals surface area contributed by atoms with Gasteiger partial charge in [-0.3, -0.25) is 9.59 Å². The average molecular weight is 425 g/mol. The number of benzene rings is 2. The zero-order valence-electron chi connectivity index (χ0n) is 16.0. The molecule has 2 aromatic rings. The lowest BCUT2D eigenvalue weighted by atomic mass is 10.1. The normalized spacial score (nSPS) is 13.4. The summed E-state index contributed by atoms with van der Waals surface area (Å²) in [7, 11) is -4.01. The first-order valence-electron chi connectivity index (χ1n) is 8.65. The monoisotopic (exact) mass is 425 g/mol. The van der Waals surface area contributed by atoms with E-state index in [1.807, 2.05) is 0 Å². The number of halogens is 2. The van der Waals surface area contributed by atoms with Crippen molar-refractivity contribution in [3.63, 3.8) is 0 Å². The third-order valence-corrected chi connectivity index (χ3v) is 5.55. The Labute approximate surface area is 167 Å². The molecule has 0 heterocycles. The van der Waals surface area contributed by atoms with Crippen molar-refractivity contribution in [1.29, 1.82) is 0 Å². The summed E-state index contributed by atoms with van der Waals surface area (Å²) in [4.78, 5) is 23.2. The van der Waals surface area contributed by atoms with Gasteiger partial charge in [0.05, 0.1) is 17.0 Å². The van der Waals surface area contributed by atoms with Gasteiger partial charge in [0.25, 0.3) is 0 Å². The number of sulfonamides is 1.